The van der Waals surface area contributed by atoms with E-state index in [-0.39, 0.29) is 12.0 Å². The van der Waals surface area contributed by atoms with Crippen LogP contribution in [-0.2, 0) is 24.1 Å². The van der Waals surface area contributed by atoms with Gasteiger partial charge in [-0.2, -0.15) is 0 Å². The van der Waals surface area contributed by atoms with Gasteiger partial charge in [-0.05, 0) is 43.5 Å². The van der Waals surface area contributed by atoms with Crippen LogP contribution in [0.25, 0.3) is 0 Å². The van der Waals surface area contributed by atoms with Crippen molar-refractivity contribution in [1.82, 2.24) is 20.1 Å². The Morgan fingerprint density at radius 3 is 2.96 bits per heavy atom. The summed E-state index contributed by atoms with van der Waals surface area (Å²) >= 11 is 0. The SMILES string of the molecule is O=C(NCCc1nnc2n1CCC2)c1ccc(OCC2CCCO2)cc1. The molecule has 1 saturated heterocycles. The van der Waals surface area contributed by atoms with E-state index in [1.54, 1.807) is 12.1 Å². The zero-order valence-electron chi connectivity index (χ0n) is 14.8. The van der Waals surface area contributed by atoms with Gasteiger partial charge in [0.1, 0.15) is 24.0 Å². The van der Waals surface area contributed by atoms with E-state index < -0.39 is 0 Å². The largest absolute Gasteiger partial charge is 0.491 e. The van der Waals surface area contributed by atoms with Crippen LogP contribution in [0.2, 0.25) is 0 Å². The zero-order valence-corrected chi connectivity index (χ0v) is 14.8. The highest BCUT2D eigenvalue weighted by Crippen LogP contribution is 2.17. The van der Waals surface area contributed by atoms with E-state index in [9.17, 15) is 4.79 Å². The molecule has 26 heavy (non-hydrogen) atoms. The topological polar surface area (TPSA) is 78.3 Å². The summed E-state index contributed by atoms with van der Waals surface area (Å²) in [6.07, 6.45) is 5.17. The fourth-order valence-corrected chi connectivity index (χ4v) is 3.45. The summed E-state index contributed by atoms with van der Waals surface area (Å²) in [7, 11) is 0. The summed E-state index contributed by atoms with van der Waals surface area (Å²) in [6, 6.07) is 7.23. The molecule has 1 aromatic heterocycles. The Morgan fingerprint density at radius 1 is 1.27 bits per heavy atom. The Kier molecular flexibility index (Phi) is 5.15. The Balaban J connectivity index is 1.23. The van der Waals surface area contributed by atoms with Gasteiger partial charge >= 0.3 is 0 Å². The Labute approximate surface area is 152 Å². The monoisotopic (exact) mass is 356 g/mol. The van der Waals surface area contributed by atoms with Crippen molar-refractivity contribution in [3.8, 4) is 5.75 Å². The van der Waals surface area contributed by atoms with Gasteiger partial charge in [0.25, 0.3) is 5.91 Å². The van der Waals surface area contributed by atoms with E-state index in [1.807, 2.05) is 12.1 Å². The van der Waals surface area contributed by atoms with E-state index >= 15 is 0 Å². The molecule has 2 aliphatic heterocycles. The first-order valence-electron chi connectivity index (χ1n) is 9.33. The lowest BCUT2D eigenvalue weighted by Crippen LogP contribution is -2.26. The smallest absolute Gasteiger partial charge is 0.251 e. The van der Waals surface area contributed by atoms with Gasteiger partial charge in [-0.15, -0.1) is 10.2 Å². The average Bonchev–Trinajstić information content (AvgIpc) is 3.40. The molecule has 0 aliphatic carbocycles. The Hall–Kier alpha value is -2.41. The lowest BCUT2D eigenvalue weighted by Gasteiger charge is -2.11. The van der Waals surface area contributed by atoms with Gasteiger partial charge in [0, 0.05) is 38.1 Å². The number of nitrogens with one attached hydrogen (secondary N) is 1. The normalized spacial score (nSPS) is 18.7. The maximum atomic E-state index is 12.3. The highest BCUT2D eigenvalue weighted by molar-refractivity contribution is 5.94. The fraction of sp³-hybridized carbons (Fsp3) is 0.526. The quantitative estimate of drug-likeness (QED) is 0.818. The molecule has 1 N–H and O–H groups in total. The second-order valence-corrected chi connectivity index (χ2v) is 6.76. The van der Waals surface area contributed by atoms with Crippen LogP contribution in [0.3, 0.4) is 0 Å². The van der Waals surface area contributed by atoms with Crippen molar-refractivity contribution in [3.63, 3.8) is 0 Å². The lowest BCUT2D eigenvalue weighted by molar-refractivity contribution is 0.0679. The minimum atomic E-state index is -0.0863. The van der Waals surface area contributed by atoms with Crippen LogP contribution < -0.4 is 10.1 Å². The molecule has 1 unspecified atom stereocenters. The van der Waals surface area contributed by atoms with Gasteiger partial charge in [0.15, 0.2) is 0 Å². The zero-order chi connectivity index (χ0) is 17.8. The second-order valence-electron chi connectivity index (χ2n) is 6.76. The van der Waals surface area contributed by atoms with Gasteiger partial charge in [0.05, 0.1) is 6.10 Å². The number of aromatic nitrogens is 3. The summed E-state index contributed by atoms with van der Waals surface area (Å²) < 4.78 is 13.4. The molecule has 0 radical (unpaired) electrons. The molecule has 7 nitrogen and oxygen atoms in total. The molecule has 1 aromatic carbocycles. The maximum absolute atomic E-state index is 12.3. The third kappa shape index (κ3) is 3.88. The van der Waals surface area contributed by atoms with Gasteiger partial charge in [-0.25, -0.2) is 0 Å². The number of carbonyl (C=O) groups is 1. The number of amides is 1. The summed E-state index contributed by atoms with van der Waals surface area (Å²) in [4.78, 5) is 12.3. The number of benzene rings is 1. The molecule has 3 heterocycles. The van der Waals surface area contributed by atoms with Crippen LogP contribution in [0.5, 0.6) is 5.75 Å². The predicted molar refractivity (Wildman–Crippen MR) is 95.3 cm³/mol. The Bertz CT molecular complexity index is 751. The summed E-state index contributed by atoms with van der Waals surface area (Å²) in [6.45, 7) is 2.92. The molecule has 1 fully saturated rings. The summed E-state index contributed by atoms with van der Waals surface area (Å²) in [5.74, 6) is 2.69. The number of rotatable bonds is 7. The lowest BCUT2D eigenvalue weighted by atomic mass is 10.2. The van der Waals surface area contributed by atoms with Crippen LogP contribution in [0, 0.1) is 0 Å². The molecule has 1 atom stereocenters. The molecule has 4 rings (SSSR count). The molecule has 0 bridgehead atoms. The van der Waals surface area contributed by atoms with E-state index in [2.05, 4.69) is 20.1 Å². The number of hydrogen-bond donors (Lipinski definition) is 1. The van der Waals surface area contributed by atoms with Crippen molar-refractivity contribution in [2.24, 2.45) is 0 Å². The standard InChI is InChI=1S/C19H24N4O3/c24-19(20-10-9-18-22-21-17-4-1-11-23(17)18)14-5-7-15(8-6-14)26-13-16-3-2-12-25-16/h5-8,16H,1-4,9-13H2,(H,20,24). The Morgan fingerprint density at radius 2 is 2.15 bits per heavy atom. The van der Waals surface area contributed by atoms with Crippen LogP contribution in [0.1, 0.15) is 41.3 Å². The van der Waals surface area contributed by atoms with Crippen LogP contribution in [0.15, 0.2) is 24.3 Å². The van der Waals surface area contributed by atoms with Crippen molar-refractivity contribution >= 4 is 5.91 Å². The van der Waals surface area contributed by atoms with Gasteiger partial charge < -0.3 is 19.4 Å². The van der Waals surface area contributed by atoms with E-state index in [0.29, 0.717) is 25.1 Å². The van der Waals surface area contributed by atoms with Crippen molar-refractivity contribution in [3.05, 3.63) is 41.5 Å². The molecule has 0 spiro atoms. The van der Waals surface area contributed by atoms with Crippen molar-refractivity contribution < 1.29 is 14.3 Å². The van der Waals surface area contributed by atoms with Crippen molar-refractivity contribution in [2.75, 3.05) is 19.8 Å². The molecule has 138 valence electrons. The van der Waals surface area contributed by atoms with Crippen LogP contribution in [-0.4, -0.2) is 46.5 Å². The highest BCUT2D eigenvalue weighted by atomic mass is 16.5. The number of hydrogen-bond acceptors (Lipinski definition) is 5. The number of nitrogens with zero attached hydrogens (tertiary/aromatic N) is 3. The van der Waals surface area contributed by atoms with Crippen LogP contribution >= 0.6 is 0 Å². The van der Waals surface area contributed by atoms with E-state index in [0.717, 1.165) is 56.2 Å². The number of fused-ring (bicyclic) bond motifs is 1. The molecule has 1 amide bonds. The third-order valence-corrected chi connectivity index (χ3v) is 4.90. The molecular weight excluding hydrogens is 332 g/mol. The highest BCUT2D eigenvalue weighted by Gasteiger charge is 2.17. The first-order valence-corrected chi connectivity index (χ1v) is 9.33. The minimum Gasteiger partial charge on any atom is -0.491 e. The van der Waals surface area contributed by atoms with Crippen LogP contribution in [0.4, 0.5) is 0 Å². The molecule has 7 heteroatoms. The van der Waals surface area contributed by atoms with Crippen molar-refractivity contribution in [2.45, 2.75) is 44.8 Å². The first kappa shape index (κ1) is 17.0. The molecule has 2 aromatic rings. The minimum absolute atomic E-state index is 0.0863. The number of ether oxygens (including phenoxy) is 2. The van der Waals surface area contributed by atoms with Gasteiger partial charge in [-0.3, -0.25) is 4.79 Å². The van der Waals surface area contributed by atoms with Gasteiger partial charge in [-0.1, -0.05) is 0 Å². The predicted octanol–water partition coefficient (Wildman–Crippen LogP) is 1.75. The molecule has 2 aliphatic rings. The summed E-state index contributed by atoms with van der Waals surface area (Å²) in [5.41, 5.74) is 0.626. The maximum Gasteiger partial charge on any atom is 0.251 e. The summed E-state index contributed by atoms with van der Waals surface area (Å²) in [5, 5.41) is 11.3. The van der Waals surface area contributed by atoms with Crippen molar-refractivity contribution in [1.29, 1.82) is 0 Å². The number of aryl methyl sites for hydroxylation is 1. The van der Waals surface area contributed by atoms with Gasteiger partial charge in [0.2, 0.25) is 0 Å². The molecular formula is C19H24N4O3. The average molecular weight is 356 g/mol. The first-order chi connectivity index (χ1) is 12.8. The van der Waals surface area contributed by atoms with E-state index in [1.165, 1.54) is 0 Å². The fourth-order valence-electron chi connectivity index (χ4n) is 3.45. The third-order valence-electron chi connectivity index (χ3n) is 4.90. The number of carbonyl (C=O) groups excluding carboxylic acids is 1. The van der Waals surface area contributed by atoms with E-state index in [4.69, 9.17) is 9.47 Å². The molecule has 0 saturated carbocycles. The second kappa shape index (κ2) is 7.86.